The van der Waals surface area contributed by atoms with Gasteiger partial charge in [-0.2, -0.15) is 0 Å². The summed E-state index contributed by atoms with van der Waals surface area (Å²) in [5.74, 6) is 0. The Kier molecular flexibility index (Phi) is 3.44. The third kappa shape index (κ3) is 2.24. The van der Waals surface area contributed by atoms with Crippen molar-refractivity contribution in [2.75, 3.05) is 6.54 Å². The summed E-state index contributed by atoms with van der Waals surface area (Å²) in [6.07, 6.45) is 2.98. The Bertz CT molecular complexity index is 450. The molecule has 0 aliphatic carbocycles. The van der Waals surface area contributed by atoms with Crippen molar-refractivity contribution in [3.63, 3.8) is 0 Å². The van der Waals surface area contributed by atoms with Gasteiger partial charge in [0.15, 0.2) is 0 Å². The molecule has 2 rings (SSSR count). The van der Waals surface area contributed by atoms with Gasteiger partial charge in [0.2, 0.25) is 0 Å². The number of furan rings is 1. The number of para-hydroxylation sites is 1. The van der Waals surface area contributed by atoms with Crippen LogP contribution in [0.3, 0.4) is 0 Å². The number of benzene rings is 1. The number of hydrogen-bond acceptors (Lipinski definition) is 2. The van der Waals surface area contributed by atoms with Gasteiger partial charge in [-0.25, -0.2) is 0 Å². The maximum absolute atomic E-state index is 5.52. The van der Waals surface area contributed by atoms with E-state index < -0.39 is 0 Å². The monoisotopic (exact) mass is 267 g/mol. The van der Waals surface area contributed by atoms with Gasteiger partial charge in [-0.05, 0) is 35.0 Å². The highest BCUT2D eigenvalue weighted by Gasteiger charge is 2.07. The van der Waals surface area contributed by atoms with Crippen molar-refractivity contribution in [1.29, 1.82) is 0 Å². The molecule has 1 heterocycles. The molecule has 0 aliphatic rings. The third-order valence-electron chi connectivity index (χ3n) is 2.37. The molecule has 1 aromatic carbocycles. The number of rotatable bonds is 4. The fourth-order valence-corrected chi connectivity index (χ4v) is 2.07. The van der Waals surface area contributed by atoms with Gasteiger partial charge in [-0.15, -0.1) is 0 Å². The molecule has 0 fully saturated rings. The Morgan fingerprint density at radius 3 is 3.07 bits per heavy atom. The van der Waals surface area contributed by atoms with Gasteiger partial charge in [0.25, 0.3) is 0 Å². The second-order valence-corrected chi connectivity index (χ2v) is 4.41. The predicted octanol–water partition coefficient (Wildman–Crippen LogP) is 3.69. The predicted molar refractivity (Wildman–Crippen MR) is 65.9 cm³/mol. The molecule has 0 amide bonds. The minimum Gasteiger partial charge on any atom is -0.463 e. The van der Waals surface area contributed by atoms with E-state index in [9.17, 15) is 0 Å². The van der Waals surface area contributed by atoms with Crippen LogP contribution in [0.5, 0.6) is 0 Å². The Balaban J connectivity index is 2.25. The van der Waals surface area contributed by atoms with Crippen LogP contribution in [0, 0.1) is 0 Å². The molecule has 80 valence electrons. The Morgan fingerprint density at radius 2 is 2.27 bits per heavy atom. The Morgan fingerprint density at radius 1 is 1.40 bits per heavy atom. The van der Waals surface area contributed by atoms with Crippen molar-refractivity contribution in [3.8, 4) is 0 Å². The molecule has 0 bridgehead atoms. The lowest BCUT2D eigenvalue weighted by Crippen LogP contribution is -2.13. The lowest BCUT2D eigenvalue weighted by Gasteiger charge is -2.00. The van der Waals surface area contributed by atoms with Crippen LogP contribution in [0.15, 0.2) is 33.4 Å². The first-order valence-electron chi connectivity index (χ1n) is 5.18. The molecule has 15 heavy (non-hydrogen) atoms. The summed E-state index contributed by atoms with van der Waals surface area (Å²) in [6, 6.07) is 6.12. The zero-order valence-electron chi connectivity index (χ0n) is 8.72. The standard InChI is InChI=1S/C12H14BrNO/c1-2-6-14-7-9-8-15-12-10(9)4-3-5-11(12)13/h3-5,8,14H,2,6-7H2,1H3. The summed E-state index contributed by atoms with van der Waals surface area (Å²) < 4.78 is 6.54. The van der Waals surface area contributed by atoms with Crippen LogP contribution in [0.1, 0.15) is 18.9 Å². The molecule has 1 aromatic heterocycles. The molecule has 0 radical (unpaired) electrons. The fourth-order valence-electron chi connectivity index (χ4n) is 1.61. The van der Waals surface area contributed by atoms with E-state index in [2.05, 4.69) is 34.2 Å². The number of fused-ring (bicyclic) bond motifs is 1. The van der Waals surface area contributed by atoms with Crippen LogP contribution < -0.4 is 5.32 Å². The second-order valence-electron chi connectivity index (χ2n) is 3.55. The molecule has 0 spiro atoms. The summed E-state index contributed by atoms with van der Waals surface area (Å²) in [7, 11) is 0. The maximum Gasteiger partial charge on any atom is 0.148 e. The van der Waals surface area contributed by atoms with Gasteiger partial charge in [-0.1, -0.05) is 19.1 Å². The molecule has 0 saturated carbocycles. The lowest BCUT2D eigenvalue weighted by atomic mass is 10.2. The van der Waals surface area contributed by atoms with Gasteiger partial charge >= 0.3 is 0 Å². The summed E-state index contributed by atoms with van der Waals surface area (Å²) in [5, 5.41) is 4.56. The molecule has 2 nitrogen and oxygen atoms in total. The van der Waals surface area contributed by atoms with E-state index in [1.165, 1.54) is 10.9 Å². The van der Waals surface area contributed by atoms with E-state index in [0.29, 0.717) is 0 Å². The van der Waals surface area contributed by atoms with Gasteiger partial charge in [0, 0.05) is 17.5 Å². The van der Waals surface area contributed by atoms with E-state index in [1.54, 1.807) is 0 Å². The van der Waals surface area contributed by atoms with E-state index in [-0.39, 0.29) is 0 Å². The summed E-state index contributed by atoms with van der Waals surface area (Å²) in [5.41, 5.74) is 2.16. The first kappa shape index (κ1) is 10.7. The van der Waals surface area contributed by atoms with E-state index >= 15 is 0 Å². The number of nitrogens with one attached hydrogen (secondary N) is 1. The topological polar surface area (TPSA) is 25.2 Å². The van der Waals surface area contributed by atoms with Crippen molar-refractivity contribution in [1.82, 2.24) is 5.32 Å². The molecular formula is C12H14BrNO. The van der Waals surface area contributed by atoms with Crippen molar-refractivity contribution < 1.29 is 4.42 Å². The molecule has 0 atom stereocenters. The summed E-state index contributed by atoms with van der Waals surface area (Å²) >= 11 is 3.48. The van der Waals surface area contributed by atoms with Crippen LogP contribution in [0.2, 0.25) is 0 Å². The minimum absolute atomic E-state index is 0.872. The third-order valence-corrected chi connectivity index (χ3v) is 3.00. The van der Waals surface area contributed by atoms with Gasteiger partial charge < -0.3 is 9.73 Å². The highest BCUT2D eigenvalue weighted by atomic mass is 79.9. The smallest absolute Gasteiger partial charge is 0.148 e. The highest BCUT2D eigenvalue weighted by molar-refractivity contribution is 9.10. The molecule has 1 N–H and O–H groups in total. The summed E-state index contributed by atoms with van der Waals surface area (Å²) in [6.45, 7) is 4.08. The highest BCUT2D eigenvalue weighted by Crippen LogP contribution is 2.27. The molecular weight excluding hydrogens is 254 g/mol. The van der Waals surface area contributed by atoms with Crippen molar-refractivity contribution >= 4 is 26.9 Å². The van der Waals surface area contributed by atoms with Gasteiger partial charge in [0.05, 0.1) is 10.7 Å². The number of hydrogen-bond donors (Lipinski definition) is 1. The second kappa shape index (κ2) is 4.81. The summed E-state index contributed by atoms with van der Waals surface area (Å²) in [4.78, 5) is 0. The van der Waals surface area contributed by atoms with E-state index in [1.807, 2.05) is 18.4 Å². The van der Waals surface area contributed by atoms with Gasteiger partial charge in [-0.3, -0.25) is 0 Å². The van der Waals surface area contributed by atoms with Crippen molar-refractivity contribution in [3.05, 3.63) is 34.5 Å². The van der Waals surface area contributed by atoms with E-state index in [0.717, 1.165) is 29.6 Å². The van der Waals surface area contributed by atoms with Crippen molar-refractivity contribution in [2.24, 2.45) is 0 Å². The van der Waals surface area contributed by atoms with E-state index in [4.69, 9.17) is 4.42 Å². The average Bonchev–Trinajstić information content (AvgIpc) is 2.64. The van der Waals surface area contributed by atoms with Crippen LogP contribution >= 0.6 is 15.9 Å². The normalized spacial score (nSPS) is 11.1. The zero-order valence-corrected chi connectivity index (χ0v) is 10.3. The van der Waals surface area contributed by atoms with Crippen molar-refractivity contribution in [2.45, 2.75) is 19.9 Å². The quantitative estimate of drug-likeness (QED) is 0.855. The zero-order chi connectivity index (χ0) is 10.7. The Hall–Kier alpha value is -0.800. The van der Waals surface area contributed by atoms with Crippen LogP contribution in [0.25, 0.3) is 11.0 Å². The fraction of sp³-hybridized carbons (Fsp3) is 0.333. The lowest BCUT2D eigenvalue weighted by molar-refractivity contribution is 0.599. The van der Waals surface area contributed by atoms with Crippen LogP contribution in [-0.4, -0.2) is 6.54 Å². The molecule has 0 aliphatic heterocycles. The SMILES string of the molecule is CCCNCc1coc2c(Br)cccc12. The van der Waals surface area contributed by atoms with Crippen LogP contribution in [-0.2, 0) is 6.54 Å². The molecule has 3 heteroatoms. The van der Waals surface area contributed by atoms with Gasteiger partial charge in [0.1, 0.15) is 5.58 Å². The first-order valence-corrected chi connectivity index (χ1v) is 5.97. The molecule has 0 unspecified atom stereocenters. The minimum atomic E-state index is 0.872. The Labute approximate surface area is 97.8 Å². The molecule has 0 saturated heterocycles. The molecule has 2 aromatic rings. The number of halogens is 1. The maximum atomic E-state index is 5.52. The first-order chi connectivity index (χ1) is 7.33. The van der Waals surface area contributed by atoms with Crippen LogP contribution in [0.4, 0.5) is 0 Å². The average molecular weight is 268 g/mol. The largest absolute Gasteiger partial charge is 0.463 e.